The number of nitrogens with zero attached hydrogens (tertiary/aromatic N) is 11. The summed E-state index contributed by atoms with van der Waals surface area (Å²) in [4.78, 5) is 29.9. The summed E-state index contributed by atoms with van der Waals surface area (Å²) in [6.45, 7) is 12.0. The number of fused-ring (bicyclic) bond motifs is 1. The Bertz CT molecular complexity index is 1750. The van der Waals surface area contributed by atoms with Gasteiger partial charge >= 0.3 is 0 Å². The number of anilines is 1. The van der Waals surface area contributed by atoms with Gasteiger partial charge in [-0.3, -0.25) is 9.89 Å². The summed E-state index contributed by atoms with van der Waals surface area (Å²) in [5, 5.41) is 8.58. The van der Waals surface area contributed by atoms with E-state index in [1.54, 1.807) is 10.9 Å². The summed E-state index contributed by atoms with van der Waals surface area (Å²) >= 11 is 0. The number of rotatable bonds is 9. The zero-order valence-electron chi connectivity index (χ0n) is 25.5. The lowest BCUT2D eigenvalue weighted by atomic mass is 10.1. The molecule has 0 amide bonds. The van der Waals surface area contributed by atoms with Crippen molar-refractivity contribution in [1.82, 2.24) is 44.7 Å². The summed E-state index contributed by atoms with van der Waals surface area (Å²) in [6.07, 6.45) is 5.41. The average Bonchev–Trinajstić information content (AvgIpc) is 3.48. The Morgan fingerprint density at radius 1 is 0.889 bits per heavy atom. The number of hydrogen-bond acceptors (Lipinski definition) is 11. The molecule has 2 saturated heterocycles. The molecule has 2 aromatic carbocycles. The van der Waals surface area contributed by atoms with Crippen LogP contribution in [0.1, 0.15) is 11.1 Å². The smallest absolute Gasteiger partial charge is 0.225 e. The molecule has 7 rings (SSSR count). The van der Waals surface area contributed by atoms with E-state index in [4.69, 9.17) is 19.7 Å². The number of aromatic nitrogens is 7. The fraction of sp³-hybridized carbons (Fsp3) is 0.364. The SMILES string of the molecule is C=NCc1cccc(-c2cnc3nnn(CC4CN(c5ncc(-c6ccc(CN7CCN(C)CC7)cc6)cn5)CCO4)c3n2)c1. The molecule has 12 nitrogen and oxygen atoms in total. The summed E-state index contributed by atoms with van der Waals surface area (Å²) in [5.74, 6) is 0.693. The number of piperazine rings is 1. The molecule has 0 bridgehead atoms. The van der Waals surface area contributed by atoms with Gasteiger partial charge in [-0.25, -0.2) is 24.6 Å². The van der Waals surface area contributed by atoms with E-state index in [0.717, 1.165) is 67.2 Å². The van der Waals surface area contributed by atoms with Gasteiger partial charge < -0.3 is 14.5 Å². The molecule has 5 aromatic rings. The Hall–Kier alpha value is -4.65. The molecule has 3 aromatic heterocycles. The topological polar surface area (TPSA) is 114 Å². The highest BCUT2D eigenvalue weighted by atomic mass is 16.5. The molecule has 0 N–H and O–H groups in total. The van der Waals surface area contributed by atoms with Crippen LogP contribution in [-0.2, 0) is 24.4 Å². The van der Waals surface area contributed by atoms with Crippen LogP contribution in [0.15, 0.2) is 72.1 Å². The summed E-state index contributed by atoms with van der Waals surface area (Å²) in [5.41, 5.74) is 7.35. The highest BCUT2D eigenvalue weighted by molar-refractivity contribution is 5.70. The van der Waals surface area contributed by atoms with Crippen LogP contribution in [0.2, 0.25) is 0 Å². The van der Waals surface area contributed by atoms with E-state index in [1.165, 1.54) is 5.56 Å². The molecule has 2 fully saturated rings. The van der Waals surface area contributed by atoms with E-state index in [1.807, 2.05) is 30.6 Å². The molecular formula is C33H37N11O. The van der Waals surface area contributed by atoms with Gasteiger partial charge in [-0.2, -0.15) is 0 Å². The molecule has 2 aliphatic heterocycles. The monoisotopic (exact) mass is 603 g/mol. The first-order valence-corrected chi connectivity index (χ1v) is 15.4. The quantitative estimate of drug-likeness (QED) is 0.233. The van der Waals surface area contributed by atoms with Crippen molar-refractivity contribution in [3.05, 3.63) is 78.2 Å². The van der Waals surface area contributed by atoms with Crippen molar-refractivity contribution in [3.8, 4) is 22.4 Å². The van der Waals surface area contributed by atoms with Crippen LogP contribution in [0.3, 0.4) is 0 Å². The van der Waals surface area contributed by atoms with Gasteiger partial charge in [0.25, 0.3) is 0 Å². The molecule has 0 spiro atoms. The minimum atomic E-state index is -0.132. The molecular weight excluding hydrogens is 566 g/mol. The van der Waals surface area contributed by atoms with E-state index in [9.17, 15) is 0 Å². The maximum absolute atomic E-state index is 6.12. The highest BCUT2D eigenvalue weighted by Gasteiger charge is 2.24. The first kappa shape index (κ1) is 29.1. The van der Waals surface area contributed by atoms with Crippen LogP contribution in [0, 0.1) is 0 Å². The Morgan fingerprint density at radius 2 is 1.71 bits per heavy atom. The van der Waals surface area contributed by atoms with Crippen LogP contribution in [0.5, 0.6) is 0 Å². The van der Waals surface area contributed by atoms with Crippen molar-refractivity contribution in [2.75, 3.05) is 57.8 Å². The van der Waals surface area contributed by atoms with Gasteiger partial charge in [-0.1, -0.05) is 47.7 Å². The fourth-order valence-electron chi connectivity index (χ4n) is 5.88. The predicted molar refractivity (Wildman–Crippen MR) is 174 cm³/mol. The van der Waals surface area contributed by atoms with Crippen LogP contribution < -0.4 is 4.90 Å². The molecule has 1 atom stereocenters. The first-order chi connectivity index (χ1) is 22.1. The molecule has 5 heterocycles. The van der Waals surface area contributed by atoms with Crippen molar-refractivity contribution < 1.29 is 4.74 Å². The molecule has 0 aliphatic carbocycles. The van der Waals surface area contributed by atoms with Crippen molar-refractivity contribution in [1.29, 1.82) is 0 Å². The Kier molecular flexibility index (Phi) is 8.50. The number of aliphatic imine (C=N–C) groups is 1. The molecule has 1 unspecified atom stereocenters. The zero-order valence-corrected chi connectivity index (χ0v) is 25.5. The lowest BCUT2D eigenvalue weighted by Gasteiger charge is -2.32. The van der Waals surface area contributed by atoms with E-state index in [0.29, 0.717) is 43.5 Å². The van der Waals surface area contributed by atoms with Crippen LogP contribution >= 0.6 is 0 Å². The number of hydrogen-bond donors (Lipinski definition) is 0. The Morgan fingerprint density at radius 3 is 2.51 bits per heavy atom. The minimum absolute atomic E-state index is 0.132. The molecule has 2 aliphatic rings. The van der Waals surface area contributed by atoms with Gasteiger partial charge in [0.15, 0.2) is 5.65 Å². The number of ether oxygens (including phenoxy) is 1. The second-order valence-corrected chi connectivity index (χ2v) is 11.7. The van der Waals surface area contributed by atoms with Crippen molar-refractivity contribution >= 4 is 24.0 Å². The molecule has 230 valence electrons. The molecule has 12 heteroatoms. The van der Waals surface area contributed by atoms with Gasteiger partial charge in [0.1, 0.15) is 0 Å². The second-order valence-electron chi connectivity index (χ2n) is 11.7. The average molecular weight is 604 g/mol. The molecule has 45 heavy (non-hydrogen) atoms. The third-order valence-corrected chi connectivity index (χ3v) is 8.47. The van der Waals surface area contributed by atoms with E-state index >= 15 is 0 Å². The summed E-state index contributed by atoms with van der Waals surface area (Å²) in [6, 6.07) is 16.8. The number of benzene rings is 2. The lowest BCUT2D eigenvalue weighted by molar-refractivity contribution is 0.0273. The van der Waals surface area contributed by atoms with Crippen molar-refractivity contribution in [3.63, 3.8) is 0 Å². The van der Waals surface area contributed by atoms with Gasteiger partial charge in [-0.15, -0.1) is 5.10 Å². The van der Waals surface area contributed by atoms with E-state index < -0.39 is 0 Å². The van der Waals surface area contributed by atoms with Gasteiger partial charge in [0.2, 0.25) is 11.6 Å². The summed E-state index contributed by atoms with van der Waals surface area (Å²) in [7, 11) is 2.19. The summed E-state index contributed by atoms with van der Waals surface area (Å²) < 4.78 is 7.89. The maximum Gasteiger partial charge on any atom is 0.225 e. The van der Waals surface area contributed by atoms with Crippen molar-refractivity contribution in [2.45, 2.75) is 25.7 Å². The highest BCUT2D eigenvalue weighted by Crippen LogP contribution is 2.23. The predicted octanol–water partition coefficient (Wildman–Crippen LogP) is 3.20. The molecule has 0 radical (unpaired) electrons. The number of likely N-dealkylation sites (N-methyl/N-ethyl adjacent to an activating group) is 1. The van der Waals surface area contributed by atoms with Gasteiger partial charge in [0.05, 0.1) is 37.7 Å². The van der Waals surface area contributed by atoms with Gasteiger partial charge in [0, 0.05) is 69.3 Å². The lowest BCUT2D eigenvalue weighted by Crippen LogP contribution is -2.45. The molecule has 0 saturated carbocycles. The van der Waals surface area contributed by atoms with E-state index in [2.05, 4.69) is 79.1 Å². The zero-order chi connectivity index (χ0) is 30.6. The van der Waals surface area contributed by atoms with Crippen LogP contribution in [0.25, 0.3) is 33.7 Å². The normalized spacial score (nSPS) is 18.0. The number of morpholine rings is 1. The largest absolute Gasteiger partial charge is 0.373 e. The van der Waals surface area contributed by atoms with Crippen LogP contribution in [-0.4, -0.2) is 110 Å². The Labute approximate surface area is 262 Å². The first-order valence-electron chi connectivity index (χ1n) is 15.4. The third-order valence-electron chi connectivity index (χ3n) is 8.47. The van der Waals surface area contributed by atoms with Crippen molar-refractivity contribution in [2.24, 2.45) is 4.99 Å². The van der Waals surface area contributed by atoms with Crippen LogP contribution in [0.4, 0.5) is 5.95 Å². The standard InChI is InChI=1S/C33H37N11O/c1-34-17-25-4-3-5-27(16-25)30-20-35-31-32(38-30)44(40-39-31)23-29-22-43(14-15-45-29)33-36-18-28(19-37-33)26-8-6-24(7-9-26)21-42-12-10-41(2)11-13-42/h3-9,16,18-20,29H,1,10-15,17,21-23H2,2H3. The fourth-order valence-corrected chi connectivity index (χ4v) is 5.88. The second kappa shape index (κ2) is 13.1. The van der Waals surface area contributed by atoms with Gasteiger partial charge in [-0.05, 0) is 36.5 Å². The third kappa shape index (κ3) is 6.72. The Balaban J connectivity index is 0.997. The maximum atomic E-state index is 6.12. The van der Waals surface area contributed by atoms with E-state index in [-0.39, 0.29) is 6.10 Å². The minimum Gasteiger partial charge on any atom is -0.373 e.